The van der Waals surface area contributed by atoms with Gasteiger partial charge in [-0.2, -0.15) is 4.98 Å². The maximum absolute atomic E-state index is 11.6. The number of nitrogens with one attached hydrogen (secondary N) is 1. The average Bonchev–Trinajstić information content (AvgIpc) is 2.59. The van der Waals surface area contributed by atoms with Gasteiger partial charge in [0, 0.05) is 12.0 Å². The van der Waals surface area contributed by atoms with E-state index in [4.69, 9.17) is 10.3 Å². The van der Waals surface area contributed by atoms with Crippen LogP contribution in [0.1, 0.15) is 37.4 Å². The van der Waals surface area contributed by atoms with Crippen LogP contribution in [0.4, 0.5) is 0 Å². The summed E-state index contributed by atoms with van der Waals surface area (Å²) in [7, 11) is 0. The minimum atomic E-state index is -0.283. The predicted molar refractivity (Wildman–Crippen MR) is 56.3 cm³/mol. The van der Waals surface area contributed by atoms with Gasteiger partial charge in [0.25, 0.3) is 0 Å². The van der Waals surface area contributed by atoms with Crippen molar-refractivity contribution in [3.05, 3.63) is 11.7 Å². The summed E-state index contributed by atoms with van der Waals surface area (Å²) in [6.45, 7) is 2.01. The van der Waals surface area contributed by atoms with Gasteiger partial charge in [-0.25, -0.2) is 0 Å². The molecule has 1 aliphatic rings. The number of hydrogen-bond donors (Lipinski definition) is 2. The van der Waals surface area contributed by atoms with E-state index >= 15 is 0 Å². The van der Waals surface area contributed by atoms with E-state index in [2.05, 4.69) is 15.5 Å². The first-order valence-corrected chi connectivity index (χ1v) is 5.42. The molecule has 88 valence electrons. The number of nitrogens with zero attached hydrogens (tertiary/aromatic N) is 2. The summed E-state index contributed by atoms with van der Waals surface area (Å²) in [6, 6.07) is 0. The fraction of sp³-hybridized carbons (Fsp3) is 0.700. The van der Waals surface area contributed by atoms with Crippen molar-refractivity contribution in [1.82, 2.24) is 15.5 Å². The van der Waals surface area contributed by atoms with Crippen molar-refractivity contribution in [3.8, 4) is 0 Å². The van der Waals surface area contributed by atoms with E-state index in [9.17, 15) is 4.79 Å². The molecule has 3 N–H and O–H groups in total. The van der Waals surface area contributed by atoms with E-state index in [0.29, 0.717) is 18.1 Å². The molecule has 1 aromatic rings. The third kappa shape index (κ3) is 2.57. The Morgan fingerprint density at radius 3 is 2.88 bits per heavy atom. The zero-order valence-electron chi connectivity index (χ0n) is 9.32. The number of nitrogens with two attached hydrogens (primary N) is 1. The van der Waals surface area contributed by atoms with Crippen molar-refractivity contribution in [2.24, 2.45) is 5.73 Å². The maximum atomic E-state index is 11.6. The molecule has 0 saturated heterocycles. The quantitative estimate of drug-likeness (QED) is 0.765. The Bertz CT molecular complexity index is 384. The van der Waals surface area contributed by atoms with Crippen LogP contribution in [0, 0.1) is 6.92 Å². The van der Waals surface area contributed by atoms with E-state index < -0.39 is 0 Å². The molecule has 0 bridgehead atoms. The van der Waals surface area contributed by atoms with Gasteiger partial charge in [0.2, 0.25) is 11.8 Å². The van der Waals surface area contributed by atoms with Gasteiger partial charge < -0.3 is 15.6 Å². The van der Waals surface area contributed by atoms with Crippen molar-refractivity contribution < 1.29 is 9.32 Å². The van der Waals surface area contributed by atoms with Crippen LogP contribution in [0.5, 0.6) is 0 Å². The standard InChI is InChI=1S/C10H16N4O2/c1-7-13-9(16-14-7)6-12-8(15)5-10(11)3-2-4-10/h2-6,11H2,1H3,(H,12,15). The van der Waals surface area contributed by atoms with E-state index in [0.717, 1.165) is 19.3 Å². The fourth-order valence-corrected chi connectivity index (χ4v) is 1.78. The molecule has 1 saturated carbocycles. The normalized spacial score (nSPS) is 17.9. The van der Waals surface area contributed by atoms with Crippen LogP contribution in [0.25, 0.3) is 0 Å². The number of amides is 1. The van der Waals surface area contributed by atoms with E-state index in [1.54, 1.807) is 6.92 Å². The number of rotatable bonds is 4. The lowest BCUT2D eigenvalue weighted by molar-refractivity contribution is -0.123. The highest BCUT2D eigenvalue weighted by molar-refractivity contribution is 5.77. The van der Waals surface area contributed by atoms with Crippen molar-refractivity contribution in [3.63, 3.8) is 0 Å². The number of aromatic nitrogens is 2. The van der Waals surface area contributed by atoms with E-state index in [1.165, 1.54) is 0 Å². The minimum absolute atomic E-state index is 0.0574. The van der Waals surface area contributed by atoms with E-state index in [1.807, 2.05) is 0 Å². The summed E-state index contributed by atoms with van der Waals surface area (Å²) in [4.78, 5) is 15.5. The summed E-state index contributed by atoms with van der Waals surface area (Å²) >= 11 is 0. The van der Waals surface area contributed by atoms with Crippen LogP contribution < -0.4 is 11.1 Å². The molecule has 1 aliphatic carbocycles. The minimum Gasteiger partial charge on any atom is -0.347 e. The Morgan fingerprint density at radius 2 is 2.38 bits per heavy atom. The fourth-order valence-electron chi connectivity index (χ4n) is 1.78. The molecule has 2 rings (SSSR count). The van der Waals surface area contributed by atoms with Gasteiger partial charge in [0.15, 0.2) is 5.82 Å². The maximum Gasteiger partial charge on any atom is 0.246 e. The number of carbonyl (C=O) groups excluding carboxylic acids is 1. The highest BCUT2D eigenvalue weighted by atomic mass is 16.5. The van der Waals surface area contributed by atoms with Crippen LogP contribution >= 0.6 is 0 Å². The molecule has 0 unspecified atom stereocenters. The first-order valence-electron chi connectivity index (χ1n) is 5.42. The molecule has 6 heteroatoms. The Kier molecular flexibility index (Phi) is 2.91. The van der Waals surface area contributed by atoms with Gasteiger partial charge in [-0.05, 0) is 26.2 Å². The van der Waals surface area contributed by atoms with Crippen LogP contribution in [-0.4, -0.2) is 21.6 Å². The second kappa shape index (κ2) is 4.21. The zero-order valence-corrected chi connectivity index (χ0v) is 9.32. The Labute approximate surface area is 93.6 Å². The molecular formula is C10H16N4O2. The topological polar surface area (TPSA) is 94.0 Å². The van der Waals surface area contributed by atoms with Crippen LogP contribution in [0.15, 0.2) is 4.52 Å². The SMILES string of the molecule is Cc1noc(CNC(=O)CC2(N)CCC2)n1. The van der Waals surface area contributed by atoms with E-state index in [-0.39, 0.29) is 18.0 Å². The molecule has 0 aromatic carbocycles. The molecule has 1 amide bonds. The Balaban J connectivity index is 1.75. The third-order valence-electron chi connectivity index (χ3n) is 2.87. The van der Waals surface area contributed by atoms with Crippen molar-refractivity contribution >= 4 is 5.91 Å². The first-order chi connectivity index (χ1) is 7.57. The Hall–Kier alpha value is -1.43. The van der Waals surface area contributed by atoms with Gasteiger partial charge >= 0.3 is 0 Å². The number of aryl methyl sites for hydroxylation is 1. The molecular weight excluding hydrogens is 208 g/mol. The largest absolute Gasteiger partial charge is 0.347 e. The van der Waals surface area contributed by atoms with Gasteiger partial charge in [-0.15, -0.1) is 0 Å². The van der Waals surface area contributed by atoms with Gasteiger partial charge in [0.1, 0.15) is 0 Å². The first kappa shape index (κ1) is 11.1. The third-order valence-corrected chi connectivity index (χ3v) is 2.87. The number of carbonyl (C=O) groups is 1. The predicted octanol–water partition coefficient (Wildman–Crippen LogP) is 0.266. The summed E-state index contributed by atoms with van der Waals surface area (Å²) in [5.41, 5.74) is 5.68. The van der Waals surface area contributed by atoms with Crippen molar-refractivity contribution in [2.45, 2.75) is 44.7 Å². The highest BCUT2D eigenvalue weighted by Gasteiger charge is 2.34. The summed E-state index contributed by atoms with van der Waals surface area (Å²) < 4.78 is 4.88. The second-order valence-electron chi connectivity index (χ2n) is 4.40. The lowest BCUT2D eigenvalue weighted by atomic mass is 9.75. The Morgan fingerprint density at radius 1 is 1.62 bits per heavy atom. The number of hydrogen-bond acceptors (Lipinski definition) is 5. The lowest BCUT2D eigenvalue weighted by Crippen LogP contribution is -2.49. The molecule has 1 heterocycles. The van der Waals surface area contributed by atoms with Crippen molar-refractivity contribution in [1.29, 1.82) is 0 Å². The zero-order chi connectivity index (χ0) is 11.6. The summed E-state index contributed by atoms with van der Waals surface area (Å²) in [6.07, 6.45) is 3.35. The molecule has 16 heavy (non-hydrogen) atoms. The van der Waals surface area contributed by atoms with Gasteiger partial charge in [-0.1, -0.05) is 5.16 Å². The van der Waals surface area contributed by atoms with Gasteiger partial charge in [-0.3, -0.25) is 4.79 Å². The molecule has 0 aliphatic heterocycles. The van der Waals surface area contributed by atoms with Crippen LogP contribution in [0.3, 0.4) is 0 Å². The highest BCUT2D eigenvalue weighted by Crippen LogP contribution is 2.31. The monoisotopic (exact) mass is 224 g/mol. The molecule has 0 radical (unpaired) electrons. The second-order valence-corrected chi connectivity index (χ2v) is 4.40. The smallest absolute Gasteiger partial charge is 0.246 e. The lowest BCUT2D eigenvalue weighted by Gasteiger charge is -2.37. The summed E-state index contributed by atoms with van der Waals surface area (Å²) in [5.74, 6) is 0.933. The van der Waals surface area contributed by atoms with Gasteiger partial charge in [0.05, 0.1) is 6.54 Å². The molecule has 1 fully saturated rings. The van der Waals surface area contributed by atoms with Crippen LogP contribution in [0.2, 0.25) is 0 Å². The molecule has 6 nitrogen and oxygen atoms in total. The van der Waals surface area contributed by atoms with Crippen LogP contribution in [-0.2, 0) is 11.3 Å². The molecule has 1 aromatic heterocycles. The molecule has 0 spiro atoms. The van der Waals surface area contributed by atoms with Crippen molar-refractivity contribution in [2.75, 3.05) is 0 Å². The molecule has 0 atom stereocenters. The average molecular weight is 224 g/mol. The summed E-state index contributed by atoms with van der Waals surface area (Å²) in [5, 5.41) is 6.36.